The van der Waals surface area contributed by atoms with Crippen molar-refractivity contribution in [1.82, 2.24) is 0 Å². The topological polar surface area (TPSA) is 143 Å². The Morgan fingerprint density at radius 2 is 1.58 bits per heavy atom. The van der Waals surface area contributed by atoms with Crippen molar-refractivity contribution >= 4 is 64.0 Å². The number of rotatable bonds is 6. The van der Waals surface area contributed by atoms with E-state index in [-0.39, 0.29) is 33.5 Å². The van der Waals surface area contributed by atoms with Crippen molar-refractivity contribution in [2.45, 2.75) is 6.92 Å². The van der Waals surface area contributed by atoms with Crippen LogP contribution in [0.2, 0.25) is 5.02 Å². The molecule has 5 N–H and O–H groups in total. The van der Waals surface area contributed by atoms with Crippen LogP contribution >= 0.6 is 11.6 Å². The predicted molar refractivity (Wildman–Crippen MR) is 139 cm³/mol. The molecule has 180 valence electrons. The van der Waals surface area contributed by atoms with Crippen molar-refractivity contribution in [1.29, 1.82) is 0 Å². The number of nitrogens with two attached hydrogens (primary N) is 1. The van der Waals surface area contributed by atoms with Crippen LogP contribution in [0.3, 0.4) is 0 Å². The van der Waals surface area contributed by atoms with Crippen LogP contribution in [0.4, 0.5) is 17.1 Å². The van der Waals surface area contributed by atoms with Crippen LogP contribution < -0.4 is 21.8 Å². The summed E-state index contributed by atoms with van der Waals surface area (Å²) < 4.78 is 0. The number of carbonyl (C=O) groups excluding carboxylic acids is 4. The highest BCUT2D eigenvalue weighted by Gasteiger charge is 2.30. The van der Waals surface area contributed by atoms with E-state index in [0.717, 1.165) is 0 Å². The number of anilines is 3. The van der Waals surface area contributed by atoms with Crippen LogP contribution in [0.5, 0.6) is 0 Å². The summed E-state index contributed by atoms with van der Waals surface area (Å²) in [5.41, 5.74) is 10.6. The highest BCUT2D eigenvalue weighted by atomic mass is 35.5. The van der Waals surface area contributed by atoms with Crippen LogP contribution in [0, 0.1) is 0 Å². The molecule has 0 aliphatic heterocycles. The summed E-state index contributed by atoms with van der Waals surface area (Å²) in [5.74, 6) is -2.08. The molecule has 0 unspecified atom stereocenters. The molecular formula is C26H20ClN5O4. The minimum Gasteiger partial charge on any atom is -0.366 e. The normalized spacial score (nSPS) is 13.4. The number of nitrogens with one attached hydrogen (secondary N) is 3. The Hall–Kier alpha value is -4.76. The smallest absolute Gasteiger partial charge is 0.259 e. The number of fused-ring (bicyclic) bond motifs is 1. The molecule has 36 heavy (non-hydrogen) atoms. The quantitative estimate of drug-likeness (QED) is 0.300. The third kappa shape index (κ3) is 5.31. The summed E-state index contributed by atoms with van der Waals surface area (Å²) in [6.07, 6.45) is 1.50. The summed E-state index contributed by atoms with van der Waals surface area (Å²) in [5, 5.41) is 9.82. The van der Waals surface area contributed by atoms with Gasteiger partial charge in [-0.3, -0.25) is 24.6 Å². The Morgan fingerprint density at radius 1 is 0.917 bits per heavy atom. The van der Waals surface area contributed by atoms with Gasteiger partial charge in [-0.2, -0.15) is 5.10 Å². The summed E-state index contributed by atoms with van der Waals surface area (Å²) in [4.78, 5) is 49.0. The highest BCUT2D eigenvalue weighted by Crippen LogP contribution is 2.26. The second-order valence-electron chi connectivity index (χ2n) is 7.82. The first-order chi connectivity index (χ1) is 17.2. The molecule has 3 aromatic carbocycles. The second-order valence-corrected chi connectivity index (χ2v) is 8.23. The van der Waals surface area contributed by atoms with Crippen LogP contribution in [-0.4, -0.2) is 29.2 Å². The van der Waals surface area contributed by atoms with Gasteiger partial charge in [-0.15, -0.1) is 0 Å². The molecule has 0 radical (unpaired) electrons. The van der Waals surface area contributed by atoms with Crippen LogP contribution in [-0.2, 0) is 14.4 Å². The Bertz CT molecular complexity index is 1460. The van der Waals surface area contributed by atoms with Gasteiger partial charge in [-0.1, -0.05) is 35.9 Å². The number of primary amides is 1. The van der Waals surface area contributed by atoms with Crippen molar-refractivity contribution in [3.8, 4) is 0 Å². The summed E-state index contributed by atoms with van der Waals surface area (Å²) in [7, 11) is 0. The minimum atomic E-state index is -0.645. The fraction of sp³-hybridized carbons (Fsp3) is 0.0385. The lowest BCUT2D eigenvalue weighted by molar-refractivity contribution is -0.117. The number of benzene rings is 3. The number of hydrogen-bond donors (Lipinski definition) is 4. The number of ketones is 1. The Balaban J connectivity index is 1.62. The number of nitrogens with zero attached hydrogens (tertiary/aromatic N) is 1. The number of amides is 3. The fourth-order valence-electron chi connectivity index (χ4n) is 3.51. The van der Waals surface area contributed by atoms with E-state index < -0.39 is 17.6 Å². The summed E-state index contributed by atoms with van der Waals surface area (Å²) in [6, 6.07) is 17.8. The first-order valence-corrected chi connectivity index (χ1v) is 11.1. The van der Waals surface area contributed by atoms with Gasteiger partial charge in [0.05, 0.1) is 16.3 Å². The van der Waals surface area contributed by atoms with Gasteiger partial charge in [0.15, 0.2) is 0 Å². The molecule has 1 aliphatic carbocycles. The van der Waals surface area contributed by atoms with Crippen LogP contribution in [0.25, 0.3) is 6.08 Å². The van der Waals surface area contributed by atoms with Crippen molar-refractivity contribution in [3.05, 3.63) is 94.0 Å². The maximum Gasteiger partial charge on any atom is 0.259 e. The van der Waals surface area contributed by atoms with Crippen molar-refractivity contribution in [2.24, 2.45) is 10.8 Å². The van der Waals surface area contributed by atoms with Crippen LogP contribution in [0.1, 0.15) is 28.4 Å². The monoisotopic (exact) mass is 501 g/mol. The van der Waals surface area contributed by atoms with Gasteiger partial charge >= 0.3 is 0 Å². The van der Waals surface area contributed by atoms with E-state index in [1.54, 1.807) is 48.5 Å². The van der Waals surface area contributed by atoms with E-state index in [9.17, 15) is 19.2 Å². The third-order valence-corrected chi connectivity index (χ3v) is 5.55. The predicted octanol–water partition coefficient (Wildman–Crippen LogP) is 3.82. The minimum absolute atomic E-state index is 0.000184. The zero-order valence-corrected chi connectivity index (χ0v) is 19.7. The maximum atomic E-state index is 13.3. The molecule has 10 heteroatoms. The number of Topliss-reactive ketones (excluding diaryl/α,β-unsaturated/α-hetero) is 1. The molecule has 0 bridgehead atoms. The molecule has 0 fully saturated rings. The molecule has 0 atom stereocenters. The standard InChI is InChI=1S/C26H20ClN5O4/c1-14(33)29-17-7-9-18(10-8-17)30-26(36)20-12-15-4-2-3-5-19(15)23(24(20)34)32-31-22-13-16(25(28)35)6-11-21(22)27/h2-13,31H,1H3,(H2,28,35)(H,29,33)(H,30,36). The van der Waals surface area contributed by atoms with Gasteiger partial charge in [0.25, 0.3) is 5.91 Å². The molecule has 0 aromatic heterocycles. The van der Waals surface area contributed by atoms with Crippen molar-refractivity contribution in [2.75, 3.05) is 16.1 Å². The zero-order valence-electron chi connectivity index (χ0n) is 19.0. The van der Waals surface area contributed by atoms with E-state index in [0.29, 0.717) is 22.5 Å². The first-order valence-electron chi connectivity index (χ1n) is 10.7. The average molecular weight is 502 g/mol. The lowest BCUT2D eigenvalue weighted by atomic mass is 9.89. The average Bonchev–Trinajstić information content (AvgIpc) is 2.84. The largest absolute Gasteiger partial charge is 0.366 e. The molecular weight excluding hydrogens is 482 g/mol. The lowest BCUT2D eigenvalue weighted by Crippen LogP contribution is -2.30. The Labute approximate surface area is 211 Å². The van der Waals surface area contributed by atoms with Gasteiger partial charge < -0.3 is 16.4 Å². The number of hydrogen-bond acceptors (Lipinski definition) is 6. The molecule has 3 aromatic rings. The van der Waals surface area contributed by atoms with Gasteiger partial charge in [-0.25, -0.2) is 0 Å². The van der Waals surface area contributed by atoms with Gasteiger partial charge in [0, 0.05) is 29.4 Å². The Kier molecular flexibility index (Phi) is 6.93. The third-order valence-electron chi connectivity index (χ3n) is 5.22. The maximum absolute atomic E-state index is 13.3. The zero-order chi connectivity index (χ0) is 25.8. The molecule has 4 rings (SSSR count). The van der Waals surface area contributed by atoms with E-state index in [1.165, 1.54) is 31.2 Å². The van der Waals surface area contributed by atoms with Crippen molar-refractivity contribution in [3.63, 3.8) is 0 Å². The molecule has 0 saturated heterocycles. The summed E-state index contributed by atoms with van der Waals surface area (Å²) in [6.45, 7) is 1.39. The molecule has 0 heterocycles. The van der Waals surface area contributed by atoms with Crippen molar-refractivity contribution < 1.29 is 19.2 Å². The molecule has 3 amide bonds. The molecule has 0 spiro atoms. The first kappa shape index (κ1) is 24.4. The number of carbonyl (C=O) groups is 4. The van der Waals surface area contributed by atoms with Gasteiger partial charge in [0.1, 0.15) is 5.71 Å². The second kappa shape index (κ2) is 10.2. The van der Waals surface area contributed by atoms with E-state index in [4.69, 9.17) is 17.3 Å². The van der Waals surface area contributed by atoms with E-state index in [2.05, 4.69) is 21.2 Å². The molecule has 1 aliphatic rings. The summed E-state index contributed by atoms with van der Waals surface area (Å²) >= 11 is 6.20. The number of hydrazone groups is 1. The van der Waals surface area contributed by atoms with E-state index >= 15 is 0 Å². The van der Waals surface area contributed by atoms with E-state index in [1.807, 2.05) is 0 Å². The SMILES string of the molecule is CC(=O)Nc1ccc(NC(=O)C2=Cc3ccccc3C(=NNc3cc(C(N)=O)ccc3Cl)C2=O)cc1. The van der Waals surface area contributed by atoms with Gasteiger partial charge in [0.2, 0.25) is 17.6 Å². The number of halogens is 1. The Morgan fingerprint density at radius 3 is 2.25 bits per heavy atom. The highest BCUT2D eigenvalue weighted by molar-refractivity contribution is 6.59. The molecule has 9 nitrogen and oxygen atoms in total. The lowest BCUT2D eigenvalue weighted by Gasteiger charge is -2.18. The fourth-order valence-corrected chi connectivity index (χ4v) is 3.67. The van der Waals surface area contributed by atoms with Gasteiger partial charge in [-0.05, 0) is 54.1 Å². The van der Waals surface area contributed by atoms with Crippen LogP contribution in [0.15, 0.2) is 77.4 Å². The molecule has 0 saturated carbocycles.